The maximum Gasteiger partial charge on any atom is 0.284 e. The molecular weight excluding hydrogens is 282 g/mol. The number of aryl methyl sites for hydroxylation is 1. The van der Waals surface area contributed by atoms with Crippen LogP contribution in [0.5, 0.6) is 5.75 Å². The van der Waals surface area contributed by atoms with Gasteiger partial charge < -0.3 is 15.0 Å². The fourth-order valence-electron chi connectivity index (χ4n) is 1.78. The van der Waals surface area contributed by atoms with E-state index in [1.807, 2.05) is 0 Å². The Morgan fingerprint density at radius 3 is 2.76 bits per heavy atom. The van der Waals surface area contributed by atoms with E-state index in [1.54, 1.807) is 6.07 Å². The SMILES string of the molecule is Cn1cc(-c2ccc(OCC#N)c(F)c2F)nc1C(N)=O. The summed E-state index contributed by atoms with van der Waals surface area (Å²) in [6, 6.07) is 4.09. The van der Waals surface area contributed by atoms with Gasteiger partial charge in [-0.15, -0.1) is 0 Å². The summed E-state index contributed by atoms with van der Waals surface area (Å²) >= 11 is 0. The number of halogens is 2. The van der Waals surface area contributed by atoms with E-state index in [0.29, 0.717) is 0 Å². The van der Waals surface area contributed by atoms with E-state index in [-0.39, 0.29) is 22.8 Å². The van der Waals surface area contributed by atoms with Gasteiger partial charge in [0, 0.05) is 18.8 Å². The maximum atomic E-state index is 14.0. The number of carbonyl (C=O) groups excluding carboxylic acids is 1. The summed E-state index contributed by atoms with van der Waals surface area (Å²) < 4.78 is 33.9. The van der Waals surface area contributed by atoms with Gasteiger partial charge in [-0.25, -0.2) is 9.37 Å². The summed E-state index contributed by atoms with van der Waals surface area (Å²) in [5.41, 5.74) is 5.04. The molecule has 0 radical (unpaired) electrons. The number of imidazole rings is 1. The number of carbonyl (C=O) groups is 1. The number of nitrogens with two attached hydrogens (primary N) is 1. The van der Waals surface area contributed by atoms with Crippen LogP contribution in [0.2, 0.25) is 0 Å². The van der Waals surface area contributed by atoms with Crippen molar-refractivity contribution in [2.45, 2.75) is 0 Å². The Labute approximate surface area is 118 Å². The minimum atomic E-state index is -1.23. The molecule has 8 heteroatoms. The lowest BCUT2D eigenvalue weighted by Gasteiger charge is -2.06. The molecule has 0 saturated heterocycles. The van der Waals surface area contributed by atoms with Gasteiger partial charge in [0.1, 0.15) is 6.07 Å². The third-order valence-electron chi connectivity index (χ3n) is 2.71. The molecule has 1 aromatic carbocycles. The van der Waals surface area contributed by atoms with Gasteiger partial charge in [-0.2, -0.15) is 9.65 Å². The molecule has 0 atom stereocenters. The van der Waals surface area contributed by atoms with Crippen LogP contribution in [0, 0.1) is 23.0 Å². The Balaban J connectivity index is 2.46. The molecule has 2 aromatic rings. The lowest BCUT2D eigenvalue weighted by Crippen LogP contribution is -2.16. The van der Waals surface area contributed by atoms with E-state index >= 15 is 0 Å². The Kier molecular flexibility index (Phi) is 3.84. The number of amides is 1. The number of ether oxygens (including phenoxy) is 1. The fraction of sp³-hybridized carbons (Fsp3) is 0.154. The van der Waals surface area contributed by atoms with Crippen molar-refractivity contribution in [3.05, 3.63) is 35.8 Å². The number of hydrogen-bond donors (Lipinski definition) is 1. The highest BCUT2D eigenvalue weighted by atomic mass is 19.2. The van der Waals surface area contributed by atoms with Crippen molar-refractivity contribution < 1.29 is 18.3 Å². The number of nitriles is 1. The number of nitrogens with zero attached hydrogens (tertiary/aromatic N) is 3. The third kappa shape index (κ3) is 2.67. The molecule has 0 saturated carbocycles. The topological polar surface area (TPSA) is 93.9 Å². The van der Waals surface area contributed by atoms with E-state index in [1.165, 1.54) is 29.9 Å². The summed E-state index contributed by atoms with van der Waals surface area (Å²) in [5, 5.41) is 8.36. The Bertz CT molecular complexity index is 749. The molecule has 0 unspecified atom stereocenters. The maximum absolute atomic E-state index is 14.0. The summed E-state index contributed by atoms with van der Waals surface area (Å²) in [5.74, 6) is -3.63. The molecule has 0 aliphatic heterocycles. The van der Waals surface area contributed by atoms with Crippen molar-refractivity contribution in [2.75, 3.05) is 6.61 Å². The Hall–Kier alpha value is -2.95. The van der Waals surface area contributed by atoms with Gasteiger partial charge in [0.15, 0.2) is 24.0 Å². The van der Waals surface area contributed by atoms with E-state index < -0.39 is 24.1 Å². The highest BCUT2D eigenvalue weighted by molar-refractivity contribution is 5.90. The lowest BCUT2D eigenvalue weighted by atomic mass is 10.1. The third-order valence-corrected chi connectivity index (χ3v) is 2.71. The monoisotopic (exact) mass is 292 g/mol. The standard InChI is InChI=1S/C13H10F2N4O2/c1-19-6-8(18-13(19)12(17)20)7-2-3-9(21-5-4-16)11(15)10(7)14/h2-3,6H,5H2,1H3,(H2,17,20). The number of rotatable bonds is 4. The van der Waals surface area contributed by atoms with Crippen LogP contribution in [0.15, 0.2) is 18.3 Å². The van der Waals surface area contributed by atoms with Crippen LogP contribution in [-0.2, 0) is 7.05 Å². The summed E-state index contributed by atoms with van der Waals surface area (Å²) in [4.78, 5) is 15.0. The minimum Gasteiger partial charge on any atom is -0.476 e. The Morgan fingerprint density at radius 1 is 1.48 bits per heavy atom. The fourth-order valence-corrected chi connectivity index (χ4v) is 1.78. The van der Waals surface area contributed by atoms with Crippen molar-refractivity contribution >= 4 is 5.91 Å². The molecule has 2 N–H and O–H groups in total. The zero-order chi connectivity index (χ0) is 15.6. The van der Waals surface area contributed by atoms with Crippen LogP contribution in [0.1, 0.15) is 10.6 Å². The highest BCUT2D eigenvalue weighted by Crippen LogP contribution is 2.29. The van der Waals surface area contributed by atoms with Crippen LogP contribution >= 0.6 is 0 Å². The number of benzene rings is 1. The van der Waals surface area contributed by atoms with Crippen molar-refractivity contribution in [3.63, 3.8) is 0 Å². The normalized spacial score (nSPS) is 10.2. The van der Waals surface area contributed by atoms with Crippen molar-refractivity contribution in [3.8, 4) is 23.1 Å². The predicted molar refractivity (Wildman–Crippen MR) is 68.2 cm³/mol. The molecular formula is C13H10F2N4O2. The van der Waals surface area contributed by atoms with Gasteiger partial charge in [0.05, 0.1) is 5.69 Å². The summed E-state index contributed by atoms with van der Waals surface area (Å²) in [7, 11) is 1.51. The zero-order valence-corrected chi connectivity index (χ0v) is 10.9. The highest BCUT2D eigenvalue weighted by Gasteiger charge is 2.19. The molecule has 21 heavy (non-hydrogen) atoms. The minimum absolute atomic E-state index is 0.0644. The molecule has 1 aromatic heterocycles. The summed E-state index contributed by atoms with van der Waals surface area (Å²) in [6.45, 7) is -0.398. The quantitative estimate of drug-likeness (QED) is 0.920. The van der Waals surface area contributed by atoms with Crippen LogP contribution < -0.4 is 10.5 Å². The van der Waals surface area contributed by atoms with Crippen LogP contribution in [0.25, 0.3) is 11.3 Å². The largest absolute Gasteiger partial charge is 0.476 e. The van der Waals surface area contributed by atoms with E-state index in [2.05, 4.69) is 4.98 Å². The Morgan fingerprint density at radius 2 is 2.19 bits per heavy atom. The van der Waals surface area contributed by atoms with Gasteiger partial charge in [0.25, 0.3) is 5.91 Å². The molecule has 2 rings (SSSR count). The first-order valence-corrected chi connectivity index (χ1v) is 5.77. The number of hydrogen-bond acceptors (Lipinski definition) is 4. The van der Waals surface area contributed by atoms with E-state index in [4.69, 9.17) is 15.7 Å². The zero-order valence-electron chi connectivity index (χ0n) is 10.9. The van der Waals surface area contributed by atoms with Gasteiger partial charge in [-0.05, 0) is 12.1 Å². The molecule has 0 bridgehead atoms. The summed E-state index contributed by atoms with van der Waals surface area (Å²) in [6.07, 6.45) is 1.35. The number of aromatic nitrogens is 2. The van der Waals surface area contributed by atoms with Gasteiger partial charge >= 0.3 is 0 Å². The first-order chi connectivity index (χ1) is 9.95. The van der Waals surface area contributed by atoms with Crippen molar-refractivity contribution in [1.82, 2.24) is 9.55 Å². The number of primary amides is 1. The van der Waals surface area contributed by atoms with Gasteiger partial charge in [-0.3, -0.25) is 4.79 Å². The molecule has 1 amide bonds. The van der Waals surface area contributed by atoms with E-state index in [9.17, 15) is 13.6 Å². The molecule has 0 aliphatic carbocycles. The molecule has 0 fully saturated rings. The van der Waals surface area contributed by atoms with Gasteiger partial charge in [-0.1, -0.05) is 0 Å². The molecule has 6 nitrogen and oxygen atoms in total. The molecule has 0 spiro atoms. The lowest BCUT2D eigenvalue weighted by molar-refractivity contribution is 0.0987. The molecule has 0 aliphatic rings. The second kappa shape index (κ2) is 5.58. The predicted octanol–water partition coefficient (Wildman–Crippen LogP) is 1.37. The van der Waals surface area contributed by atoms with Crippen molar-refractivity contribution in [1.29, 1.82) is 5.26 Å². The average Bonchev–Trinajstić information content (AvgIpc) is 2.82. The second-order valence-corrected chi connectivity index (χ2v) is 4.11. The van der Waals surface area contributed by atoms with E-state index in [0.717, 1.165) is 0 Å². The van der Waals surface area contributed by atoms with Crippen LogP contribution in [0.3, 0.4) is 0 Å². The van der Waals surface area contributed by atoms with Crippen LogP contribution in [-0.4, -0.2) is 22.1 Å². The first-order valence-electron chi connectivity index (χ1n) is 5.77. The molecule has 108 valence electrons. The first kappa shape index (κ1) is 14.5. The van der Waals surface area contributed by atoms with Crippen LogP contribution in [0.4, 0.5) is 8.78 Å². The average molecular weight is 292 g/mol. The van der Waals surface area contributed by atoms with Crippen molar-refractivity contribution in [2.24, 2.45) is 12.8 Å². The van der Waals surface area contributed by atoms with Gasteiger partial charge in [0.2, 0.25) is 5.82 Å². The second-order valence-electron chi connectivity index (χ2n) is 4.11. The smallest absolute Gasteiger partial charge is 0.284 e. The molecule has 1 heterocycles.